The van der Waals surface area contributed by atoms with Gasteiger partial charge in [-0.25, -0.2) is 4.79 Å². The third-order valence-corrected chi connectivity index (χ3v) is 4.35. The number of fused-ring (bicyclic) bond motifs is 1. The summed E-state index contributed by atoms with van der Waals surface area (Å²) in [6.07, 6.45) is 3.53. The lowest BCUT2D eigenvalue weighted by Crippen LogP contribution is -2.44. The Kier molecular flexibility index (Phi) is 4.95. The van der Waals surface area contributed by atoms with Crippen LogP contribution in [0.1, 0.15) is 12.8 Å². The molecule has 0 bridgehead atoms. The van der Waals surface area contributed by atoms with Crippen LogP contribution in [0.4, 0.5) is 10.5 Å². The Balaban J connectivity index is 1.46. The lowest BCUT2D eigenvalue weighted by Gasteiger charge is -2.31. The van der Waals surface area contributed by atoms with E-state index in [1.807, 2.05) is 18.2 Å². The molecule has 0 radical (unpaired) electrons. The summed E-state index contributed by atoms with van der Waals surface area (Å²) in [5, 5.41) is 13.4. The van der Waals surface area contributed by atoms with Gasteiger partial charge in [0.1, 0.15) is 0 Å². The van der Waals surface area contributed by atoms with Gasteiger partial charge in [-0.2, -0.15) is 5.10 Å². The number of aromatic amines is 1. The van der Waals surface area contributed by atoms with Gasteiger partial charge >= 0.3 is 6.03 Å². The predicted molar refractivity (Wildman–Crippen MR) is 91.5 cm³/mol. The number of nitrogens with zero attached hydrogens (tertiary/aromatic N) is 2. The van der Waals surface area contributed by atoms with Crippen molar-refractivity contribution >= 4 is 28.5 Å². The van der Waals surface area contributed by atoms with Gasteiger partial charge in [0.05, 0.1) is 23.3 Å². The van der Waals surface area contributed by atoms with Gasteiger partial charge in [-0.05, 0) is 25.5 Å². The molecular weight excluding hydrogens is 308 g/mol. The number of anilines is 1. The van der Waals surface area contributed by atoms with Crippen molar-refractivity contribution in [1.82, 2.24) is 20.4 Å². The number of likely N-dealkylation sites (tertiary alicyclic amines) is 1. The SMILES string of the molecule is NC(=O)[C@H]1CCCN(CCNC(=O)Nc2cccc3cn[nH]c23)C1. The van der Waals surface area contributed by atoms with Gasteiger partial charge in [-0.1, -0.05) is 12.1 Å². The highest BCUT2D eigenvalue weighted by molar-refractivity contribution is 5.99. The van der Waals surface area contributed by atoms with E-state index in [9.17, 15) is 9.59 Å². The van der Waals surface area contributed by atoms with E-state index in [0.717, 1.165) is 30.3 Å². The summed E-state index contributed by atoms with van der Waals surface area (Å²) in [5.41, 5.74) is 6.86. The number of piperidine rings is 1. The van der Waals surface area contributed by atoms with E-state index < -0.39 is 0 Å². The molecule has 0 unspecified atom stereocenters. The average Bonchev–Trinajstić information content (AvgIpc) is 3.05. The minimum Gasteiger partial charge on any atom is -0.369 e. The monoisotopic (exact) mass is 330 g/mol. The topological polar surface area (TPSA) is 116 Å². The third kappa shape index (κ3) is 3.83. The Bertz CT molecular complexity index is 728. The van der Waals surface area contributed by atoms with Crippen LogP contribution in [0.25, 0.3) is 10.9 Å². The van der Waals surface area contributed by atoms with Crippen LogP contribution < -0.4 is 16.4 Å². The van der Waals surface area contributed by atoms with E-state index >= 15 is 0 Å². The number of urea groups is 1. The van der Waals surface area contributed by atoms with Crippen LogP contribution in [0.15, 0.2) is 24.4 Å². The first kappa shape index (κ1) is 16.3. The Morgan fingerprint density at radius 1 is 1.42 bits per heavy atom. The number of carbonyl (C=O) groups is 2. The molecule has 1 aromatic carbocycles. The maximum Gasteiger partial charge on any atom is 0.319 e. The molecule has 8 heteroatoms. The minimum atomic E-state index is -0.263. The van der Waals surface area contributed by atoms with Gasteiger partial charge in [0.25, 0.3) is 0 Å². The van der Waals surface area contributed by atoms with Crippen LogP contribution in [0, 0.1) is 5.92 Å². The number of hydrogen-bond acceptors (Lipinski definition) is 4. The molecule has 0 saturated carbocycles. The molecule has 3 amide bonds. The van der Waals surface area contributed by atoms with Crippen LogP contribution >= 0.6 is 0 Å². The van der Waals surface area contributed by atoms with E-state index in [0.29, 0.717) is 25.3 Å². The summed E-state index contributed by atoms with van der Waals surface area (Å²) in [5.74, 6) is -0.316. The van der Waals surface area contributed by atoms with E-state index in [-0.39, 0.29) is 17.9 Å². The molecule has 2 aromatic rings. The van der Waals surface area contributed by atoms with E-state index in [1.165, 1.54) is 0 Å². The second kappa shape index (κ2) is 7.31. The highest BCUT2D eigenvalue weighted by atomic mass is 16.2. The summed E-state index contributed by atoms with van der Waals surface area (Å²) in [4.78, 5) is 25.5. The van der Waals surface area contributed by atoms with Crippen molar-refractivity contribution < 1.29 is 9.59 Å². The number of primary amides is 1. The second-order valence-electron chi connectivity index (χ2n) is 6.06. The highest BCUT2D eigenvalue weighted by Crippen LogP contribution is 2.20. The molecule has 0 aliphatic carbocycles. The van der Waals surface area contributed by atoms with Gasteiger partial charge in [0, 0.05) is 25.0 Å². The number of benzene rings is 1. The second-order valence-corrected chi connectivity index (χ2v) is 6.06. The van der Waals surface area contributed by atoms with Crippen molar-refractivity contribution in [2.75, 3.05) is 31.5 Å². The average molecular weight is 330 g/mol. The van der Waals surface area contributed by atoms with Crippen molar-refractivity contribution in [3.8, 4) is 0 Å². The summed E-state index contributed by atoms with van der Waals surface area (Å²) >= 11 is 0. The van der Waals surface area contributed by atoms with Gasteiger partial charge in [-0.3, -0.25) is 9.89 Å². The third-order valence-electron chi connectivity index (χ3n) is 4.35. The number of nitrogens with two attached hydrogens (primary N) is 1. The molecule has 8 nitrogen and oxygen atoms in total. The van der Waals surface area contributed by atoms with Crippen molar-refractivity contribution in [2.45, 2.75) is 12.8 Å². The predicted octanol–water partition coefficient (Wildman–Crippen LogP) is 0.882. The Morgan fingerprint density at radius 3 is 3.12 bits per heavy atom. The van der Waals surface area contributed by atoms with Crippen molar-refractivity contribution in [1.29, 1.82) is 0 Å². The van der Waals surface area contributed by atoms with Crippen LogP contribution in [-0.2, 0) is 4.79 Å². The quantitative estimate of drug-likeness (QED) is 0.651. The Morgan fingerprint density at radius 2 is 2.29 bits per heavy atom. The first-order valence-electron chi connectivity index (χ1n) is 8.12. The lowest BCUT2D eigenvalue weighted by atomic mass is 9.97. The molecule has 1 aromatic heterocycles. The Labute approximate surface area is 139 Å². The summed E-state index contributed by atoms with van der Waals surface area (Å²) in [7, 11) is 0. The number of carbonyl (C=O) groups excluding carboxylic acids is 2. The fourth-order valence-corrected chi connectivity index (χ4v) is 3.06. The Hall–Kier alpha value is -2.61. The molecule has 128 valence electrons. The van der Waals surface area contributed by atoms with E-state index in [2.05, 4.69) is 25.7 Å². The largest absolute Gasteiger partial charge is 0.369 e. The molecule has 1 aliphatic rings. The number of H-pyrrole nitrogens is 1. The zero-order valence-corrected chi connectivity index (χ0v) is 13.4. The van der Waals surface area contributed by atoms with Crippen molar-refractivity contribution in [3.63, 3.8) is 0 Å². The summed E-state index contributed by atoms with van der Waals surface area (Å²) in [6.45, 7) is 2.81. The molecule has 5 N–H and O–H groups in total. The highest BCUT2D eigenvalue weighted by Gasteiger charge is 2.23. The zero-order chi connectivity index (χ0) is 16.9. The molecule has 2 heterocycles. The standard InChI is InChI=1S/C16H22N6O2/c17-15(23)12-4-2-7-22(10-12)8-6-18-16(24)20-13-5-1-3-11-9-19-21-14(11)13/h1,3,5,9,12H,2,4,6-8,10H2,(H2,17,23)(H,19,21)(H2,18,20,24)/t12-/m0/s1. The molecule has 1 atom stereocenters. The number of nitrogens with one attached hydrogen (secondary N) is 3. The fraction of sp³-hybridized carbons (Fsp3) is 0.438. The summed E-state index contributed by atoms with van der Waals surface area (Å²) < 4.78 is 0. The van der Waals surface area contributed by atoms with E-state index in [1.54, 1.807) is 6.20 Å². The first-order valence-corrected chi connectivity index (χ1v) is 8.12. The maximum absolute atomic E-state index is 12.0. The van der Waals surface area contributed by atoms with Gasteiger partial charge in [-0.15, -0.1) is 0 Å². The van der Waals surface area contributed by atoms with Crippen LogP contribution in [0.3, 0.4) is 0 Å². The maximum atomic E-state index is 12.0. The normalized spacial score (nSPS) is 18.4. The van der Waals surface area contributed by atoms with Gasteiger partial charge in [0.2, 0.25) is 5.91 Å². The lowest BCUT2D eigenvalue weighted by molar-refractivity contribution is -0.123. The van der Waals surface area contributed by atoms with Gasteiger partial charge < -0.3 is 21.3 Å². The molecule has 1 fully saturated rings. The number of amides is 3. The zero-order valence-electron chi connectivity index (χ0n) is 13.4. The van der Waals surface area contributed by atoms with Crippen LogP contribution in [0.5, 0.6) is 0 Å². The molecule has 3 rings (SSSR count). The van der Waals surface area contributed by atoms with Crippen LogP contribution in [-0.4, -0.2) is 53.2 Å². The number of para-hydroxylation sites is 1. The van der Waals surface area contributed by atoms with E-state index in [4.69, 9.17) is 5.73 Å². The molecule has 1 aliphatic heterocycles. The number of hydrogen-bond donors (Lipinski definition) is 4. The number of aromatic nitrogens is 2. The summed E-state index contributed by atoms with van der Waals surface area (Å²) in [6, 6.07) is 5.35. The smallest absolute Gasteiger partial charge is 0.319 e. The van der Waals surface area contributed by atoms with Crippen molar-refractivity contribution in [3.05, 3.63) is 24.4 Å². The molecule has 0 spiro atoms. The van der Waals surface area contributed by atoms with Crippen LogP contribution in [0.2, 0.25) is 0 Å². The first-order chi connectivity index (χ1) is 11.6. The minimum absolute atomic E-state index is 0.0782. The van der Waals surface area contributed by atoms with Gasteiger partial charge in [0.15, 0.2) is 0 Å². The number of rotatable bonds is 5. The molecule has 1 saturated heterocycles. The van der Waals surface area contributed by atoms with Crippen molar-refractivity contribution in [2.24, 2.45) is 11.7 Å². The molecular formula is C16H22N6O2. The molecule has 24 heavy (non-hydrogen) atoms. The fourth-order valence-electron chi connectivity index (χ4n) is 3.06.